The van der Waals surface area contributed by atoms with Crippen molar-refractivity contribution in [1.82, 2.24) is 4.90 Å². The molecule has 2 atom stereocenters. The van der Waals surface area contributed by atoms with Crippen LogP contribution in [0.25, 0.3) is 11.1 Å². The highest BCUT2D eigenvalue weighted by atomic mass is 19.1. The van der Waals surface area contributed by atoms with Gasteiger partial charge in [-0.3, -0.25) is 9.38 Å². The summed E-state index contributed by atoms with van der Waals surface area (Å²) in [6.07, 6.45) is -1.01. The Morgan fingerprint density at radius 1 is 1.23 bits per heavy atom. The van der Waals surface area contributed by atoms with Crippen molar-refractivity contribution in [3.63, 3.8) is 0 Å². The van der Waals surface area contributed by atoms with Crippen LogP contribution in [0.2, 0.25) is 0 Å². The Balaban J connectivity index is 1.79. The van der Waals surface area contributed by atoms with Crippen molar-refractivity contribution in [1.29, 1.82) is 0 Å². The SMILES string of the molecule is C[C@H]1CN(Cc2cccc(-c3cc(CN)ccc3F)c2)CC[N+]1(C(=O)[O-])C(C)(C)C. The molecule has 1 heterocycles. The van der Waals surface area contributed by atoms with Gasteiger partial charge in [0.15, 0.2) is 0 Å². The molecule has 2 N–H and O–H groups in total. The van der Waals surface area contributed by atoms with Gasteiger partial charge in [-0.2, -0.15) is 0 Å². The van der Waals surface area contributed by atoms with Crippen molar-refractivity contribution >= 4 is 6.09 Å². The molecule has 1 saturated heterocycles. The third-order valence-electron chi connectivity index (χ3n) is 6.48. The topological polar surface area (TPSA) is 69.4 Å². The smallest absolute Gasteiger partial charge is 0.258 e. The number of rotatable bonds is 4. The summed E-state index contributed by atoms with van der Waals surface area (Å²) in [7, 11) is 0. The quantitative estimate of drug-likeness (QED) is 0.782. The summed E-state index contributed by atoms with van der Waals surface area (Å²) in [6, 6.07) is 12.7. The molecule has 1 aliphatic rings. The summed E-state index contributed by atoms with van der Waals surface area (Å²) in [5, 5.41) is 12.1. The highest BCUT2D eigenvalue weighted by Crippen LogP contribution is 2.32. The first kappa shape index (κ1) is 22.4. The Hall–Kier alpha value is -2.28. The van der Waals surface area contributed by atoms with Crippen LogP contribution in [-0.2, 0) is 13.1 Å². The van der Waals surface area contributed by atoms with Gasteiger partial charge in [-0.05, 0) is 62.6 Å². The van der Waals surface area contributed by atoms with Crippen LogP contribution in [0.15, 0.2) is 42.5 Å². The second kappa shape index (κ2) is 8.46. The minimum Gasteiger partial charge on any atom is -0.498 e. The van der Waals surface area contributed by atoms with Crippen LogP contribution < -0.4 is 10.8 Å². The summed E-state index contributed by atoms with van der Waals surface area (Å²) < 4.78 is 14.4. The van der Waals surface area contributed by atoms with Crippen LogP contribution in [0.3, 0.4) is 0 Å². The molecule has 0 aromatic heterocycles. The van der Waals surface area contributed by atoms with Gasteiger partial charge >= 0.3 is 0 Å². The number of nitrogens with two attached hydrogens (primary N) is 1. The standard InChI is InChI=1S/C24H32FN3O2/c1-17-15-27(10-11-28(17,23(29)30)24(2,3)4)16-19-6-5-7-20(12-19)21-13-18(14-26)8-9-22(21)25/h5-9,12-13,17H,10-11,14-16,26H2,1-4H3/t17-,28?/m0/s1. The lowest BCUT2D eigenvalue weighted by Gasteiger charge is -2.55. The lowest BCUT2D eigenvalue weighted by molar-refractivity contribution is -0.943. The van der Waals surface area contributed by atoms with Crippen molar-refractivity contribution in [3.8, 4) is 11.1 Å². The zero-order chi connectivity index (χ0) is 22.1. The molecule has 2 aromatic carbocycles. The molecule has 0 spiro atoms. The second-order valence-corrected chi connectivity index (χ2v) is 9.33. The number of hydrogen-bond donors (Lipinski definition) is 1. The molecule has 1 amide bonds. The number of carboxylic acid groups (broad SMARTS) is 1. The molecular formula is C24H32FN3O2. The van der Waals surface area contributed by atoms with E-state index in [4.69, 9.17) is 5.73 Å². The van der Waals surface area contributed by atoms with Crippen LogP contribution >= 0.6 is 0 Å². The summed E-state index contributed by atoms with van der Waals surface area (Å²) in [4.78, 5) is 14.3. The Labute approximate surface area is 178 Å². The third-order valence-corrected chi connectivity index (χ3v) is 6.48. The molecule has 1 unspecified atom stereocenters. The molecule has 0 saturated carbocycles. The fourth-order valence-electron chi connectivity index (χ4n) is 4.83. The summed E-state index contributed by atoms with van der Waals surface area (Å²) in [6.45, 7) is 10.7. The molecule has 0 bridgehead atoms. The van der Waals surface area contributed by atoms with Gasteiger partial charge in [0.05, 0.1) is 18.6 Å². The Kier molecular flexibility index (Phi) is 6.32. The number of amides is 1. The molecule has 3 rings (SSSR count). The van der Waals surface area contributed by atoms with E-state index in [-0.39, 0.29) is 16.3 Å². The molecule has 2 aromatic rings. The zero-order valence-corrected chi connectivity index (χ0v) is 18.3. The van der Waals surface area contributed by atoms with Crippen molar-refractivity contribution in [2.75, 3.05) is 19.6 Å². The Bertz CT molecular complexity index is 925. The van der Waals surface area contributed by atoms with Crippen LogP contribution in [0.4, 0.5) is 9.18 Å². The largest absolute Gasteiger partial charge is 0.498 e. The molecular weight excluding hydrogens is 381 g/mol. The van der Waals surface area contributed by atoms with E-state index in [0.29, 0.717) is 38.3 Å². The maximum atomic E-state index is 14.4. The summed E-state index contributed by atoms with van der Waals surface area (Å²) in [5.74, 6) is -0.267. The van der Waals surface area contributed by atoms with E-state index < -0.39 is 11.6 Å². The lowest BCUT2D eigenvalue weighted by atomic mass is 9.95. The van der Waals surface area contributed by atoms with Gasteiger partial charge in [0.2, 0.25) is 0 Å². The van der Waals surface area contributed by atoms with E-state index in [1.54, 1.807) is 12.1 Å². The maximum absolute atomic E-state index is 14.4. The summed E-state index contributed by atoms with van der Waals surface area (Å²) >= 11 is 0. The fraction of sp³-hybridized carbons (Fsp3) is 0.458. The Morgan fingerprint density at radius 3 is 2.57 bits per heavy atom. The Morgan fingerprint density at radius 2 is 1.97 bits per heavy atom. The number of quaternary nitrogens is 1. The van der Waals surface area contributed by atoms with E-state index in [1.165, 1.54) is 6.07 Å². The predicted octanol–water partition coefficient (Wildman–Crippen LogP) is 3.11. The van der Waals surface area contributed by atoms with Gasteiger partial charge in [0.1, 0.15) is 11.9 Å². The van der Waals surface area contributed by atoms with Gasteiger partial charge < -0.3 is 15.6 Å². The number of carbonyl (C=O) groups excluding carboxylic acids is 1. The fourth-order valence-corrected chi connectivity index (χ4v) is 4.83. The second-order valence-electron chi connectivity index (χ2n) is 9.33. The van der Waals surface area contributed by atoms with Gasteiger partial charge in [-0.25, -0.2) is 4.39 Å². The number of carbonyl (C=O) groups is 1. The minimum absolute atomic E-state index is 0.0410. The molecule has 1 aliphatic heterocycles. The van der Waals surface area contributed by atoms with Gasteiger partial charge in [-0.1, -0.05) is 24.3 Å². The lowest BCUT2D eigenvalue weighted by Crippen LogP contribution is -2.76. The number of hydrogen-bond acceptors (Lipinski definition) is 4. The van der Waals surface area contributed by atoms with E-state index in [9.17, 15) is 14.3 Å². The zero-order valence-electron chi connectivity index (χ0n) is 18.3. The number of benzene rings is 2. The van der Waals surface area contributed by atoms with Gasteiger partial charge in [0, 0.05) is 25.2 Å². The maximum Gasteiger partial charge on any atom is 0.258 e. The van der Waals surface area contributed by atoms with E-state index in [1.807, 2.05) is 52.0 Å². The molecule has 0 aliphatic carbocycles. The highest BCUT2D eigenvalue weighted by molar-refractivity contribution is 5.65. The van der Waals surface area contributed by atoms with Gasteiger partial charge in [0.25, 0.3) is 6.09 Å². The minimum atomic E-state index is -1.01. The average Bonchev–Trinajstić information content (AvgIpc) is 2.67. The van der Waals surface area contributed by atoms with Crippen LogP contribution in [0.1, 0.15) is 38.8 Å². The van der Waals surface area contributed by atoms with Crippen LogP contribution in [0, 0.1) is 5.82 Å². The van der Waals surface area contributed by atoms with Gasteiger partial charge in [-0.15, -0.1) is 0 Å². The molecule has 6 heteroatoms. The molecule has 0 radical (unpaired) electrons. The van der Waals surface area contributed by atoms with Crippen molar-refractivity contribution in [2.45, 2.75) is 52.4 Å². The van der Waals surface area contributed by atoms with Crippen molar-refractivity contribution in [3.05, 3.63) is 59.4 Å². The number of nitrogens with zero attached hydrogens (tertiary/aromatic N) is 2. The van der Waals surface area contributed by atoms with Crippen molar-refractivity contribution in [2.24, 2.45) is 5.73 Å². The third kappa shape index (κ3) is 4.13. The normalized spacial score (nSPS) is 22.8. The molecule has 1 fully saturated rings. The molecule has 162 valence electrons. The average molecular weight is 414 g/mol. The van der Waals surface area contributed by atoms with E-state index in [2.05, 4.69) is 4.90 Å². The monoisotopic (exact) mass is 413 g/mol. The predicted molar refractivity (Wildman–Crippen MR) is 115 cm³/mol. The van der Waals surface area contributed by atoms with E-state index in [0.717, 1.165) is 16.7 Å². The van der Waals surface area contributed by atoms with Crippen molar-refractivity contribution < 1.29 is 18.8 Å². The number of piperazine rings is 1. The van der Waals surface area contributed by atoms with Crippen LogP contribution in [-0.4, -0.2) is 46.7 Å². The first-order valence-electron chi connectivity index (χ1n) is 10.5. The van der Waals surface area contributed by atoms with E-state index >= 15 is 0 Å². The first-order chi connectivity index (χ1) is 14.1. The molecule has 30 heavy (non-hydrogen) atoms. The molecule has 5 nitrogen and oxygen atoms in total. The highest BCUT2D eigenvalue weighted by Gasteiger charge is 2.49. The number of halogens is 1. The summed E-state index contributed by atoms with van der Waals surface area (Å²) in [5.41, 5.74) is 8.60. The first-order valence-corrected chi connectivity index (χ1v) is 10.5. The van der Waals surface area contributed by atoms with Crippen LogP contribution in [0.5, 0.6) is 0 Å².